The van der Waals surface area contributed by atoms with Crippen LogP contribution in [0.2, 0.25) is 0 Å². The molecule has 0 aliphatic heterocycles. The van der Waals surface area contributed by atoms with Gasteiger partial charge in [-0.1, -0.05) is 44.2 Å². The van der Waals surface area contributed by atoms with Crippen molar-refractivity contribution >= 4 is 17.6 Å². The summed E-state index contributed by atoms with van der Waals surface area (Å²) in [6.07, 6.45) is -0.0964. The summed E-state index contributed by atoms with van der Waals surface area (Å²) in [5.74, 6) is -0.0712. The second kappa shape index (κ2) is 7.91. The normalized spacial score (nSPS) is 10.8. The number of carbonyl (C=O) groups is 2. The van der Waals surface area contributed by atoms with Crippen molar-refractivity contribution in [3.63, 3.8) is 0 Å². The van der Waals surface area contributed by atoms with Crippen molar-refractivity contribution in [3.8, 4) is 11.3 Å². The number of furan rings is 1. The lowest BCUT2D eigenvalue weighted by Gasteiger charge is -2.07. The Morgan fingerprint density at radius 1 is 1.04 bits per heavy atom. The van der Waals surface area contributed by atoms with Gasteiger partial charge >= 0.3 is 5.97 Å². The number of nitrogens with one attached hydrogen (secondary N) is 1. The Morgan fingerprint density at radius 3 is 2.56 bits per heavy atom. The van der Waals surface area contributed by atoms with Gasteiger partial charge in [0.15, 0.2) is 5.76 Å². The minimum atomic E-state index is -0.919. The van der Waals surface area contributed by atoms with Crippen LogP contribution in [0.5, 0.6) is 0 Å². The molecular weight excluding hydrogens is 342 g/mol. The van der Waals surface area contributed by atoms with E-state index in [0.29, 0.717) is 22.9 Å². The standard InChI is InChI=1S/C22H21NO4/c1-14(2)16-6-4-7-17(13-16)19-9-10-20(27-19)22(26)23-18-8-3-5-15(11-18)12-21(24)25/h3-11,13-14H,12H2,1-2H3,(H,23,26)(H,24,25). The van der Waals surface area contributed by atoms with Crippen molar-refractivity contribution < 1.29 is 19.1 Å². The quantitative estimate of drug-likeness (QED) is 0.649. The Morgan fingerprint density at radius 2 is 1.81 bits per heavy atom. The molecule has 0 radical (unpaired) electrons. The van der Waals surface area contributed by atoms with E-state index in [1.54, 1.807) is 36.4 Å². The number of hydrogen-bond acceptors (Lipinski definition) is 3. The lowest BCUT2D eigenvalue weighted by molar-refractivity contribution is -0.136. The molecule has 138 valence electrons. The molecule has 1 aromatic heterocycles. The molecule has 0 saturated heterocycles. The topological polar surface area (TPSA) is 79.5 Å². The number of aliphatic carboxylic acids is 1. The van der Waals surface area contributed by atoms with Crippen LogP contribution in [0, 0.1) is 0 Å². The number of hydrogen-bond donors (Lipinski definition) is 2. The zero-order valence-corrected chi connectivity index (χ0v) is 15.2. The van der Waals surface area contributed by atoms with Crippen LogP contribution in [0.1, 0.15) is 41.4 Å². The first-order valence-electron chi connectivity index (χ1n) is 8.74. The van der Waals surface area contributed by atoms with Crippen molar-refractivity contribution in [1.29, 1.82) is 0 Å². The van der Waals surface area contributed by atoms with Gasteiger partial charge in [-0.05, 0) is 47.4 Å². The molecule has 1 heterocycles. The van der Waals surface area contributed by atoms with E-state index < -0.39 is 5.97 Å². The zero-order chi connectivity index (χ0) is 19.4. The first-order chi connectivity index (χ1) is 12.9. The fraction of sp³-hybridized carbons (Fsp3) is 0.182. The van der Waals surface area contributed by atoms with Crippen LogP contribution in [-0.4, -0.2) is 17.0 Å². The van der Waals surface area contributed by atoms with E-state index >= 15 is 0 Å². The van der Waals surface area contributed by atoms with Gasteiger partial charge in [0, 0.05) is 11.3 Å². The first kappa shape index (κ1) is 18.5. The van der Waals surface area contributed by atoms with Gasteiger partial charge in [-0.25, -0.2) is 0 Å². The average Bonchev–Trinajstić information content (AvgIpc) is 3.12. The molecule has 5 heteroatoms. The number of anilines is 1. The smallest absolute Gasteiger partial charge is 0.307 e. The minimum absolute atomic E-state index is 0.0964. The Balaban J connectivity index is 1.76. The number of carboxylic acids is 1. The maximum absolute atomic E-state index is 12.4. The molecule has 0 bridgehead atoms. The molecule has 2 aromatic carbocycles. The summed E-state index contributed by atoms with van der Waals surface area (Å²) < 4.78 is 5.73. The number of carbonyl (C=O) groups excluding carboxylic acids is 1. The highest BCUT2D eigenvalue weighted by Crippen LogP contribution is 2.26. The van der Waals surface area contributed by atoms with Crippen LogP contribution in [0.25, 0.3) is 11.3 Å². The van der Waals surface area contributed by atoms with Crippen LogP contribution in [0.3, 0.4) is 0 Å². The van der Waals surface area contributed by atoms with E-state index in [9.17, 15) is 9.59 Å². The predicted molar refractivity (Wildman–Crippen MR) is 104 cm³/mol. The van der Waals surface area contributed by atoms with Crippen molar-refractivity contribution in [2.75, 3.05) is 5.32 Å². The van der Waals surface area contributed by atoms with E-state index in [4.69, 9.17) is 9.52 Å². The molecule has 3 rings (SSSR count). The second-order valence-corrected chi connectivity index (χ2v) is 6.67. The summed E-state index contributed by atoms with van der Waals surface area (Å²) in [6, 6.07) is 18.2. The Kier molecular flexibility index (Phi) is 5.41. The number of benzene rings is 2. The van der Waals surface area contributed by atoms with E-state index in [1.165, 1.54) is 5.56 Å². The highest BCUT2D eigenvalue weighted by atomic mass is 16.4. The fourth-order valence-corrected chi connectivity index (χ4v) is 2.79. The molecule has 0 aliphatic rings. The van der Waals surface area contributed by atoms with Crippen molar-refractivity contribution in [1.82, 2.24) is 0 Å². The van der Waals surface area contributed by atoms with Crippen LogP contribution >= 0.6 is 0 Å². The van der Waals surface area contributed by atoms with Gasteiger partial charge in [-0.15, -0.1) is 0 Å². The third-order valence-corrected chi connectivity index (χ3v) is 4.21. The largest absolute Gasteiger partial charge is 0.481 e. The van der Waals surface area contributed by atoms with Gasteiger partial charge < -0.3 is 14.8 Å². The van der Waals surface area contributed by atoms with E-state index in [2.05, 4.69) is 31.3 Å². The second-order valence-electron chi connectivity index (χ2n) is 6.67. The van der Waals surface area contributed by atoms with Gasteiger partial charge in [0.25, 0.3) is 5.91 Å². The molecule has 5 nitrogen and oxygen atoms in total. The Hall–Kier alpha value is -3.34. The Bertz CT molecular complexity index is 972. The van der Waals surface area contributed by atoms with Crippen molar-refractivity contribution in [2.24, 2.45) is 0 Å². The lowest BCUT2D eigenvalue weighted by Crippen LogP contribution is -2.11. The third-order valence-electron chi connectivity index (χ3n) is 4.21. The minimum Gasteiger partial charge on any atom is -0.481 e. The molecule has 0 saturated carbocycles. The SMILES string of the molecule is CC(C)c1cccc(-c2ccc(C(=O)Nc3cccc(CC(=O)O)c3)o2)c1. The van der Waals surface area contributed by atoms with Gasteiger partial charge in [-0.2, -0.15) is 0 Å². The van der Waals surface area contributed by atoms with Crippen LogP contribution < -0.4 is 5.32 Å². The van der Waals surface area contributed by atoms with Crippen LogP contribution in [0.4, 0.5) is 5.69 Å². The summed E-state index contributed by atoms with van der Waals surface area (Å²) in [5.41, 5.74) is 3.26. The maximum Gasteiger partial charge on any atom is 0.307 e. The van der Waals surface area contributed by atoms with E-state index in [0.717, 1.165) is 5.56 Å². The maximum atomic E-state index is 12.4. The van der Waals surface area contributed by atoms with Gasteiger partial charge in [-0.3, -0.25) is 9.59 Å². The van der Waals surface area contributed by atoms with Crippen LogP contribution in [-0.2, 0) is 11.2 Å². The van der Waals surface area contributed by atoms with Gasteiger partial charge in [0.2, 0.25) is 0 Å². The highest BCUT2D eigenvalue weighted by Gasteiger charge is 2.13. The molecule has 2 N–H and O–H groups in total. The van der Waals surface area contributed by atoms with Crippen molar-refractivity contribution in [3.05, 3.63) is 77.6 Å². The number of amides is 1. The highest BCUT2D eigenvalue weighted by molar-refractivity contribution is 6.02. The molecular formula is C22H21NO4. The summed E-state index contributed by atoms with van der Waals surface area (Å²) in [4.78, 5) is 23.3. The summed E-state index contributed by atoms with van der Waals surface area (Å²) in [5, 5.41) is 11.6. The zero-order valence-electron chi connectivity index (χ0n) is 15.2. The number of rotatable bonds is 6. The molecule has 0 aliphatic carbocycles. The molecule has 0 unspecified atom stereocenters. The molecule has 27 heavy (non-hydrogen) atoms. The molecule has 0 atom stereocenters. The molecule has 0 spiro atoms. The van der Waals surface area contributed by atoms with E-state index in [1.807, 2.05) is 12.1 Å². The summed E-state index contributed by atoms with van der Waals surface area (Å²) >= 11 is 0. The summed E-state index contributed by atoms with van der Waals surface area (Å²) in [6.45, 7) is 4.25. The lowest BCUT2D eigenvalue weighted by atomic mass is 10.0. The predicted octanol–water partition coefficient (Wildman–Crippen LogP) is 4.95. The van der Waals surface area contributed by atoms with Crippen LogP contribution in [0.15, 0.2) is 65.1 Å². The molecule has 0 fully saturated rings. The van der Waals surface area contributed by atoms with Gasteiger partial charge in [0.05, 0.1) is 6.42 Å². The monoisotopic (exact) mass is 363 g/mol. The van der Waals surface area contributed by atoms with Crippen molar-refractivity contribution in [2.45, 2.75) is 26.2 Å². The number of carboxylic acid groups (broad SMARTS) is 1. The Labute approximate surface area is 157 Å². The third kappa shape index (κ3) is 4.64. The average molecular weight is 363 g/mol. The summed E-state index contributed by atoms with van der Waals surface area (Å²) in [7, 11) is 0. The first-order valence-corrected chi connectivity index (χ1v) is 8.74. The molecule has 3 aromatic rings. The van der Waals surface area contributed by atoms with Gasteiger partial charge in [0.1, 0.15) is 5.76 Å². The molecule has 1 amide bonds. The van der Waals surface area contributed by atoms with E-state index in [-0.39, 0.29) is 18.1 Å². The fourth-order valence-electron chi connectivity index (χ4n) is 2.79.